The van der Waals surface area contributed by atoms with Crippen molar-refractivity contribution in [3.8, 4) is 5.75 Å². The maximum atomic E-state index is 13.0. The maximum absolute atomic E-state index is 13.0. The molecule has 0 amide bonds. The average Bonchev–Trinajstić information content (AvgIpc) is 2.97. The van der Waals surface area contributed by atoms with E-state index in [1.54, 1.807) is 12.1 Å². The summed E-state index contributed by atoms with van der Waals surface area (Å²) in [4.78, 5) is 4.60. The lowest BCUT2D eigenvalue weighted by atomic mass is 10.3. The van der Waals surface area contributed by atoms with Gasteiger partial charge < -0.3 is 19.9 Å². The third kappa shape index (κ3) is 7.99. The van der Waals surface area contributed by atoms with Crippen LogP contribution in [0.25, 0.3) is 0 Å². The van der Waals surface area contributed by atoms with Crippen LogP contribution in [-0.2, 0) is 13.6 Å². The van der Waals surface area contributed by atoms with E-state index < -0.39 is 0 Å². The van der Waals surface area contributed by atoms with Gasteiger partial charge in [0.15, 0.2) is 11.8 Å². The first kappa shape index (κ1) is 24.1. The smallest absolute Gasteiger partial charge is 0.191 e. The van der Waals surface area contributed by atoms with E-state index in [9.17, 15) is 4.39 Å². The molecule has 156 valence electrons. The number of aliphatic imine (C=N–C) groups is 1. The molecule has 0 radical (unpaired) electrons. The fraction of sp³-hybridized carbons (Fsp3) is 0.526. The van der Waals surface area contributed by atoms with Crippen molar-refractivity contribution >= 4 is 29.9 Å². The number of halogens is 2. The zero-order valence-electron chi connectivity index (χ0n) is 16.9. The second kappa shape index (κ2) is 12.5. The van der Waals surface area contributed by atoms with Crippen LogP contribution in [0.2, 0.25) is 0 Å². The molecular weight excluding hydrogens is 474 g/mol. The molecule has 0 saturated heterocycles. The van der Waals surface area contributed by atoms with Crippen LogP contribution in [0.15, 0.2) is 29.3 Å². The van der Waals surface area contributed by atoms with Crippen molar-refractivity contribution in [3.63, 3.8) is 0 Å². The van der Waals surface area contributed by atoms with Gasteiger partial charge in [0, 0.05) is 13.6 Å². The Bertz CT molecular complexity index is 735. The lowest BCUT2D eigenvalue weighted by molar-refractivity contribution is 0.223. The van der Waals surface area contributed by atoms with Crippen LogP contribution in [-0.4, -0.2) is 39.9 Å². The molecule has 1 heterocycles. The van der Waals surface area contributed by atoms with Crippen LogP contribution in [0, 0.1) is 12.7 Å². The molecule has 7 nitrogen and oxygen atoms in total. The number of hydrogen-bond donors (Lipinski definition) is 2. The molecule has 0 fully saturated rings. The highest BCUT2D eigenvalue weighted by Crippen LogP contribution is 2.12. The largest absolute Gasteiger partial charge is 0.489 e. The Balaban J connectivity index is 0.00000392. The van der Waals surface area contributed by atoms with Crippen LogP contribution in [0.5, 0.6) is 5.75 Å². The van der Waals surface area contributed by atoms with Gasteiger partial charge in [-0.3, -0.25) is 0 Å². The van der Waals surface area contributed by atoms with Gasteiger partial charge in [-0.15, -0.1) is 34.2 Å². The summed E-state index contributed by atoms with van der Waals surface area (Å²) in [6.45, 7) is 7.85. The predicted octanol–water partition coefficient (Wildman–Crippen LogP) is 3.18. The normalized spacial score (nSPS) is 12.2. The minimum atomic E-state index is -0.276. The summed E-state index contributed by atoms with van der Waals surface area (Å²) < 4.78 is 20.7. The Labute approximate surface area is 183 Å². The van der Waals surface area contributed by atoms with Gasteiger partial charge >= 0.3 is 0 Å². The van der Waals surface area contributed by atoms with Crippen LogP contribution in [0.1, 0.15) is 38.3 Å². The number of ether oxygens (including phenoxy) is 1. The Morgan fingerprint density at radius 1 is 1.25 bits per heavy atom. The third-order valence-electron chi connectivity index (χ3n) is 4.09. The van der Waals surface area contributed by atoms with Crippen molar-refractivity contribution in [2.45, 2.75) is 46.3 Å². The number of guanidine groups is 1. The second-order valence-electron chi connectivity index (χ2n) is 6.43. The van der Waals surface area contributed by atoms with Gasteiger partial charge in [0.1, 0.15) is 30.0 Å². The minimum Gasteiger partial charge on any atom is -0.489 e. The minimum absolute atomic E-state index is 0. The summed E-state index contributed by atoms with van der Waals surface area (Å²) in [5.41, 5.74) is 0. The first-order valence-electron chi connectivity index (χ1n) is 9.29. The van der Waals surface area contributed by atoms with E-state index >= 15 is 0 Å². The van der Waals surface area contributed by atoms with Gasteiger partial charge in [-0.25, -0.2) is 9.38 Å². The summed E-state index contributed by atoms with van der Waals surface area (Å²) in [5.74, 6) is 2.73. The highest BCUT2D eigenvalue weighted by Gasteiger charge is 2.08. The molecule has 2 rings (SSSR count). The van der Waals surface area contributed by atoms with Crippen LogP contribution in [0.4, 0.5) is 4.39 Å². The van der Waals surface area contributed by atoms with Gasteiger partial charge in [0.2, 0.25) is 0 Å². The molecule has 28 heavy (non-hydrogen) atoms. The van der Waals surface area contributed by atoms with Gasteiger partial charge in [-0.2, -0.15) is 0 Å². The lowest BCUT2D eigenvalue weighted by Gasteiger charge is -2.18. The molecular formula is C19H30FIN6O. The fourth-order valence-electron chi connectivity index (χ4n) is 2.32. The topological polar surface area (TPSA) is 76.4 Å². The SMILES string of the molecule is CCCCNC(=NCc1nnc(C)n1C)NCC(C)Oc1ccc(F)cc1.I. The van der Waals surface area contributed by atoms with Gasteiger partial charge in [-0.1, -0.05) is 13.3 Å². The van der Waals surface area contributed by atoms with E-state index in [-0.39, 0.29) is 35.9 Å². The van der Waals surface area contributed by atoms with Crippen LogP contribution < -0.4 is 15.4 Å². The summed E-state index contributed by atoms with van der Waals surface area (Å²) in [5, 5.41) is 14.8. The second-order valence-corrected chi connectivity index (χ2v) is 6.43. The quantitative estimate of drug-likeness (QED) is 0.238. The molecule has 0 spiro atoms. The number of nitrogens with zero attached hydrogens (tertiary/aromatic N) is 4. The van der Waals surface area contributed by atoms with Crippen molar-refractivity contribution in [2.24, 2.45) is 12.0 Å². The first-order chi connectivity index (χ1) is 13.0. The fourth-order valence-corrected chi connectivity index (χ4v) is 2.32. The summed E-state index contributed by atoms with van der Waals surface area (Å²) in [7, 11) is 1.93. The van der Waals surface area contributed by atoms with E-state index in [0.717, 1.165) is 31.0 Å². The van der Waals surface area contributed by atoms with Crippen LogP contribution in [0.3, 0.4) is 0 Å². The number of hydrogen-bond acceptors (Lipinski definition) is 4. The number of nitrogens with one attached hydrogen (secondary N) is 2. The molecule has 1 aromatic heterocycles. The standard InChI is InChI=1S/C19H29FN6O.HI/c1-5-6-11-21-19(23-13-18-25-24-15(3)26(18)4)22-12-14(2)27-17-9-7-16(20)8-10-17;/h7-10,14H,5-6,11-13H2,1-4H3,(H2,21,22,23);1H. The molecule has 0 saturated carbocycles. The monoisotopic (exact) mass is 504 g/mol. The van der Waals surface area contributed by atoms with E-state index in [1.807, 2.05) is 25.5 Å². The van der Waals surface area contributed by atoms with Gasteiger partial charge in [-0.05, 0) is 44.5 Å². The number of rotatable bonds is 9. The number of aromatic nitrogens is 3. The van der Waals surface area contributed by atoms with Crippen molar-refractivity contribution in [1.29, 1.82) is 0 Å². The number of aryl methyl sites for hydroxylation is 1. The number of unbranched alkanes of at least 4 members (excludes halogenated alkanes) is 1. The van der Waals surface area contributed by atoms with Gasteiger partial charge in [0.05, 0.1) is 6.54 Å². The highest BCUT2D eigenvalue weighted by atomic mass is 127. The average molecular weight is 504 g/mol. The predicted molar refractivity (Wildman–Crippen MR) is 120 cm³/mol. The van der Waals surface area contributed by atoms with Gasteiger partial charge in [0.25, 0.3) is 0 Å². The van der Waals surface area contributed by atoms with E-state index in [4.69, 9.17) is 4.74 Å². The molecule has 0 bridgehead atoms. The molecule has 2 aromatic rings. The zero-order valence-corrected chi connectivity index (χ0v) is 19.2. The Morgan fingerprint density at radius 3 is 2.57 bits per heavy atom. The summed E-state index contributed by atoms with van der Waals surface area (Å²) in [6, 6.07) is 6.02. The Kier molecular flexibility index (Phi) is 10.8. The van der Waals surface area contributed by atoms with Crippen molar-refractivity contribution in [3.05, 3.63) is 41.7 Å². The Hall–Kier alpha value is -1.91. The molecule has 0 aliphatic carbocycles. The zero-order chi connectivity index (χ0) is 19.6. The molecule has 2 N–H and O–H groups in total. The molecule has 1 unspecified atom stereocenters. The number of benzene rings is 1. The van der Waals surface area contributed by atoms with E-state index in [0.29, 0.717) is 24.8 Å². The third-order valence-corrected chi connectivity index (χ3v) is 4.09. The van der Waals surface area contributed by atoms with Crippen molar-refractivity contribution < 1.29 is 9.13 Å². The molecule has 1 aromatic carbocycles. The molecule has 1 atom stereocenters. The van der Waals surface area contributed by atoms with E-state index in [1.165, 1.54) is 12.1 Å². The molecule has 9 heteroatoms. The highest BCUT2D eigenvalue weighted by molar-refractivity contribution is 14.0. The van der Waals surface area contributed by atoms with Crippen LogP contribution >= 0.6 is 24.0 Å². The van der Waals surface area contributed by atoms with Crippen molar-refractivity contribution in [2.75, 3.05) is 13.1 Å². The maximum Gasteiger partial charge on any atom is 0.191 e. The lowest BCUT2D eigenvalue weighted by Crippen LogP contribution is -2.42. The summed E-state index contributed by atoms with van der Waals surface area (Å²) in [6.07, 6.45) is 2.06. The van der Waals surface area contributed by atoms with Crippen molar-refractivity contribution in [1.82, 2.24) is 25.4 Å². The molecule has 0 aliphatic rings. The Morgan fingerprint density at radius 2 is 1.96 bits per heavy atom. The first-order valence-corrected chi connectivity index (χ1v) is 9.29. The summed E-state index contributed by atoms with van der Waals surface area (Å²) >= 11 is 0. The molecule has 0 aliphatic heterocycles. The van der Waals surface area contributed by atoms with E-state index in [2.05, 4.69) is 32.7 Å².